The second-order valence-corrected chi connectivity index (χ2v) is 3.65. The number of hydrogen-bond donors (Lipinski definition) is 1. The molecule has 0 aromatic rings. The van der Waals surface area contributed by atoms with E-state index in [1.54, 1.807) is 0 Å². The number of hydrogen-bond acceptors (Lipinski definition) is 4. The Hall–Kier alpha value is 0.620. The summed E-state index contributed by atoms with van der Waals surface area (Å²) in [6.07, 6.45) is 0. The van der Waals surface area contributed by atoms with Crippen LogP contribution in [0.4, 0.5) is 0 Å². The zero-order valence-corrected chi connectivity index (χ0v) is 5.60. The minimum Gasteiger partial charge on any atom is -0.267 e. The van der Waals surface area contributed by atoms with Gasteiger partial charge in [-0.1, -0.05) is 0 Å². The lowest BCUT2D eigenvalue weighted by atomic mass is 11.2. The van der Waals surface area contributed by atoms with Crippen molar-refractivity contribution in [3.8, 4) is 0 Å². The zero-order valence-electron chi connectivity index (χ0n) is 3.96. The van der Waals surface area contributed by atoms with Gasteiger partial charge in [-0.05, 0) is 0 Å². The van der Waals surface area contributed by atoms with E-state index in [1.807, 2.05) is 28.5 Å². The van der Waals surface area contributed by atoms with Crippen LogP contribution < -0.4 is 5.84 Å². The van der Waals surface area contributed by atoms with E-state index in [-0.39, 0.29) is 0 Å². The molecule has 0 amide bonds. The molecule has 0 saturated carbocycles. The maximum atomic E-state index is 5.43. The minimum atomic E-state index is 0.993. The van der Waals surface area contributed by atoms with E-state index in [0.717, 1.165) is 11.8 Å². The fourth-order valence-corrected chi connectivity index (χ4v) is 2.24. The van der Waals surface area contributed by atoms with Crippen LogP contribution in [0, 0.1) is 0 Å². The van der Waals surface area contributed by atoms with Gasteiger partial charge >= 0.3 is 0 Å². The first-order valence-corrected chi connectivity index (χ1v) is 4.35. The number of nitrogens with zero attached hydrogens (tertiary/aromatic N) is 1. The van der Waals surface area contributed by atoms with Crippen LogP contribution in [0.3, 0.4) is 0 Å². The maximum Gasteiger partial charge on any atom is 0.0602 e. The van der Waals surface area contributed by atoms with Gasteiger partial charge < -0.3 is 0 Å². The SMILES string of the molecule is NN1CSCSC1. The van der Waals surface area contributed by atoms with E-state index in [2.05, 4.69) is 0 Å². The molecule has 4 heteroatoms. The number of hydrazine groups is 1. The van der Waals surface area contributed by atoms with Gasteiger partial charge in [0.15, 0.2) is 0 Å². The Bertz CT molecular complexity index is 52.9. The normalized spacial score (nSPS) is 25.3. The Kier molecular flexibility index (Phi) is 2.31. The highest BCUT2D eigenvalue weighted by Crippen LogP contribution is 2.18. The van der Waals surface area contributed by atoms with Crippen LogP contribution in [0.5, 0.6) is 0 Å². The lowest BCUT2D eigenvalue weighted by Gasteiger charge is -2.19. The van der Waals surface area contributed by atoms with E-state index < -0.39 is 0 Å². The van der Waals surface area contributed by atoms with E-state index in [1.165, 1.54) is 5.08 Å². The van der Waals surface area contributed by atoms with Gasteiger partial charge in [-0.2, -0.15) is 0 Å². The molecular formula is C3H8N2S2. The molecule has 2 N–H and O–H groups in total. The van der Waals surface area contributed by atoms with E-state index in [4.69, 9.17) is 5.84 Å². The van der Waals surface area contributed by atoms with Crippen molar-refractivity contribution in [1.82, 2.24) is 5.01 Å². The molecule has 0 spiro atoms. The molecule has 0 bridgehead atoms. The standard InChI is InChI=1S/C3H8N2S2/c4-5-1-6-3-7-2-5/h1-4H2. The molecule has 1 aliphatic heterocycles. The van der Waals surface area contributed by atoms with E-state index in [9.17, 15) is 0 Å². The molecule has 1 aliphatic rings. The first kappa shape index (κ1) is 5.75. The maximum absolute atomic E-state index is 5.43. The predicted molar refractivity (Wildman–Crippen MR) is 35.8 cm³/mol. The summed E-state index contributed by atoms with van der Waals surface area (Å²) in [7, 11) is 0. The monoisotopic (exact) mass is 136 g/mol. The molecule has 0 radical (unpaired) electrons. The summed E-state index contributed by atoms with van der Waals surface area (Å²) in [5, 5.41) is 3.02. The molecule has 1 rings (SSSR count). The molecule has 2 nitrogen and oxygen atoms in total. The van der Waals surface area contributed by atoms with Gasteiger partial charge in [-0.3, -0.25) is 5.84 Å². The van der Waals surface area contributed by atoms with Crippen LogP contribution in [0.1, 0.15) is 0 Å². The van der Waals surface area contributed by atoms with E-state index in [0.29, 0.717) is 0 Å². The molecule has 0 atom stereocenters. The summed E-state index contributed by atoms with van der Waals surface area (Å²) in [6.45, 7) is 0. The van der Waals surface area contributed by atoms with E-state index >= 15 is 0 Å². The van der Waals surface area contributed by atoms with Crippen LogP contribution in [-0.2, 0) is 0 Å². The lowest BCUT2D eigenvalue weighted by Crippen LogP contribution is -2.32. The fourth-order valence-electron chi connectivity index (χ4n) is 0.405. The van der Waals surface area contributed by atoms with Crippen LogP contribution >= 0.6 is 23.5 Å². The third kappa shape index (κ3) is 1.90. The van der Waals surface area contributed by atoms with Crippen molar-refractivity contribution in [2.75, 3.05) is 16.8 Å². The van der Waals surface area contributed by atoms with Crippen molar-refractivity contribution in [3.63, 3.8) is 0 Å². The largest absolute Gasteiger partial charge is 0.267 e. The molecule has 7 heavy (non-hydrogen) atoms. The topological polar surface area (TPSA) is 29.3 Å². The van der Waals surface area contributed by atoms with Crippen molar-refractivity contribution >= 4 is 23.5 Å². The molecule has 1 fully saturated rings. The van der Waals surface area contributed by atoms with Crippen LogP contribution in [-0.4, -0.2) is 21.8 Å². The smallest absolute Gasteiger partial charge is 0.0602 e. The average Bonchev–Trinajstić information content (AvgIpc) is 1.69. The zero-order chi connectivity index (χ0) is 5.11. The highest BCUT2D eigenvalue weighted by molar-refractivity contribution is 8.16. The second-order valence-electron chi connectivity index (χ2n) is 1.37. The Labute approximate surface area is 51.8 Å². The summed E-state index contributed by atoms with van der Waals surface area (Å²) in [4.78, 5) is 0. The van der Waals surface area contributed by atoms with Crippen molar-refractivity contribution in [1.29, 1.82) is 0 Å². The Morgan fingerprint density at radius 1 is 1.29 bits per heavy atom. The lowest BCUT2D eigenvalue weighted by molar-refractivity contribution is 0.396. The van der Waals surface area contributed by atoms with Gasteiger partial charge in [0.1, 0.15) is 0 Å². The van der Waals surface area contributed by atoms with Crippen molar-refractivity contribution in [2.45, 2.75) is 0 Å². The molecule has 1 saturated heterocycles. The highest BCUT2D eigenvalue weighted by Gasteiger charge is 2.03. The van der Waals surface area contributed by atoms with Crippen molar-refractivity contribution < 1.29 is 0 Å². The molecule has 0 aromatic heterocycles. The minimum absolute atomic E-state index is 0.993. The third-order valence-electron chi connectivity index (χ3n) is 0.681. The fraction of sp³-hybridized carbons (Fsp3) is 1.00. The molecule has 0 unspecified atom stereocenters. The summed E-state index contributed by atoms with van der Waals surface area (Å²) >= 11 is 3.73. The molecule has 42 valence electrons. The van der Waals surface area contributed by atoms with Gasteiger partial charge in [-0.25, -0.2) is 5.01 Å². The summed E-state index contributed by atoms with van der Waals surface area (Å²) < 4.78 is 0. The van der Waals surface area contributed by atoms with Gasteiger partial charge in [0, 0.05) is 5.08 Å². The first-order valence-electron chi connectivity index (χ1n) is 2.05. The van der Waals surface area contributed by atoms with Gasteiger partial charge in [0.25, 0.3) is 0 Å². The molecule has 1 heterocycles. The summed E-state index contributed by atoms with van der Waals surface area (Å²) in [5.74, 6) is 7.41. The van der Waals surface area contributed by atoms with Crippen LogP contribution in [0.2, 0.25) is 0 Å². The van der Waals surface area contributed by atoms with Crippen LogP contribution in [0.15, 0.2) is 0 Å². The number of thioether (sulfide) groups is 2. The van der Waals surface area contributed by atoms with Crippen molar-refractivity contribution in [3.05, 3.63) is 0 Å². The Morgan fingerprint density at radius 2 is 1.86 bits per heavy atom. The summed E-state index contributed by atoms with van der Waals surface area (Å²) in [6, 6.07) is 0. The Balaban J connectivity index is 2.12. The average molecular weight is 136 g/mol. The molecule has 0 aliphatic carbocycles. The Morgan fingerprint density at radius 3 is 2.14 bits per heavy atom. The molecular weight excluding hydrogens is 128 g/mol. The van der Waals surface area contributed by atoms with Crippen molar-refractivity contribution in [2.24, 2.45) is 5.84 Å². The second kappa shape index (κ2) is 2.81. The highest BCUT2D eigenvalue weighted by atomic mass is 32.2. The third-order valence-corrected chi connectivity index (χ3v) is 3.04. The first-order chi connectivity index (χ1) is 3.39. The summed E-state index contributed by atoms with van der Waals surface area (Å²) in [5.41, 5.74) is 0. The quantitative estimate of drug-likeness (QED) is 0.491. The predicted octanol–water partition coefficient (Wildman–Crippen LogP) is 0.515. The van der Waals surface area contributed by atoms with Crippen LogP contribution in [0.25, 0.3) is 0 Å². The van der Waals surface area contributed by atoms with Gasteiger partial charge in [-0.15, -0.1) is 23.5 Å². The molecule has 0 aromatic carbocycles. The number of rotatable bonds is 0. The van der Waals surface area contributed by atoms with Gasteiger partial charge in [0.05, 0.1) is 11.8 Å². The van der Waals surface area contributed by atoms with Gasteiger partial charge in [0.2, 0.25) is 0 Å². The number of nitrogens with two attached hydrogens (primary N) is 1.